The molecule has 0 aliphatic heterocycles. The summed E-state index contributed by atoms with van der Waals surface area (Å²) in [5.41, 5.74) is 8.96. The number of carbonyl (C=O) groups is 1. The summed E-state index contributed by atoms with van der Waals surface area (Å²) >= 11 is 0. The number of Topliss-reactive ketones (excluding diaryl/α,β-unsaturated/α-hetero) is 1. The molecule has 3 unspecified atom stereocenters. The summed E-state index contributed by atoms with van der Waals surface area (Å²) in [5, 5.41) is 3.66. The molecule has 0 aromatic heterocycles. The van der Waals surface area contributed by atoms with Gasteiger partial charge in [-0.05, 0) is 92.9 Å². The van der Waals surface area contributed by atoms with Crippen LogP contribution in [0.5, 0.6) is 0 Å². The van der Waals surface area contributed by atoms with E-state index < -0.39 is 0 Å². The molecule has 0 saturated heterocycles. The molecule has 29 heavy (non-hydrogen) atoms. The Labute approximate surface area is 176 Å². The van der Waals surface area contributed by atoms with Crippen LogP contribution in [0.1, 0.15) is 85.0 Å². The molecule has 0 aromatic carbocycles. The lowest BCUT2D eigenvalue weighted by atomic mass is 9.44. The van der Waals surface area contributed by atoms with Gasteiger partial charge < -0.3 is 4.74 Å². The molecule has 0 N–H and O–H groups in total. The molecule has 0 aromatic rings. The fourth-order valence-electron chi connectivity index (χ4n) is 8.55. The molecular weight excluding hydrogens is 362 g/mol. The number of fused-ring (bicyclic) bond motifs is 5. The molecule has 4 saturated carbocycles. The van der Waals surface area contributed by atoms with Crippen LogP contribution in [0, 0.1) is 40.4 Å². The van der Waals surface area contributed by atoms with Crippen LogP contribution in [0.2, 0.25) is 0 Å². The van der Waals surface area contributed by atoms with E-state index in [4.69, 9.17) is 10.3 Å². The Bertz CT molecular complexity index is 675. The van der Waals surface area contributed by atoms with Crippen LogP contribution in [0.15, 0.2) is 5.11 Å². The van der Waals surface area contributed by atoms with Crippen LogP contribution in [0.4, 0.5) is 0 Å². The van der Waals surface area contributed by atoms with Crippen molar-refractivity contribution in [1.29, 1.82) is 0 Å². The molecule has 5 nitrogen and oxygen atoms in total. The number of hydrogen-bond donors (Lipinski definition) is 0. The van der Waals surface area contributed by atoms with Gasteiger partial charge in [-0.25, -0.2) is 0 Å². The maximum atomic E-state index is 12.6. The zero-order valence-corrected chi connectivity index (χ0v) is 18.6. The van der Waals surface area contributed by atoms with E-state index in [0.717, 1.165) is 37.0 Å². The van der Waals surface area contributed by atoms with E-state index in [1.807, 2.05) is 0 Å². The molecular formula is C24H39N3O2. The van der Waals surface area contributed by atoms with E-state index in [1.54, 1.807) is 6.92 Å². The highest BCUT2D eigenvalue weighted by Crippen LogP contribution is 2.68. The summed E-state index contributed by atoms with van der Waals surface area (Å²) in [6, 6.07) is 0. The summed E-state index contributed by atoms with van der Waals surface area (Å²) < 4.78 is 6.57. The fourth-order valence-corrected chi connectivity index (χ4v) is 8.55. The lowest BCUT2D eigenvalue weighted by Crippen LogP contribution is -2.59. The van der Waals surface area contributed by atoms with Crippen molar-refractivity contribution in [2.24, 2.45) is 45.5 Å². The average molecular weight is 402 g/mol. The minimum absolute atomic E-state index is 0.0244. The zero-order valence-electron chi connectivity index (χ0n) is 18.6. The highest BCUT2D eigenvalue weighted by molar-refractivity contribution is 5.79. The fraction of sp³-hybridized carbons (Fsp3) is 0.958. The van der Waals surface area contributed by atoms with Gasteiger partial charge >= 0.3 is 0 Å². The van der Waals surface area contributed by atoms with E-state index in [9.17, 15) is 4.79 Å². The number of ketones is 1. The molecule has 8 atom stereocenters. The van der Waals surface area contributed by atoms with Crippen molar-refractivity contribution in [2.75, 3.05) is 13.2 Å². The van der Waals surface area contributed by atoms with Crippen LogP contribution in [-0.2, 0) is 9.53 Å². The Morgan fingerprint density at radius 3 is 2.72 bits per heavy atom. The quantitative estimate of drug-likeness (QED) is 0.226. The SMILES string of the molecule is CC(=O)[C@H]1CCC2C3CCC4CCCC[C@]4(C)[C@H]3C[C@H](OCCCN=[N+]=[N-])[C@@]21C. The second-order valence-corrected chi connectivity index (χ2v) is 10.9. The third kappa shape index (κ3) is 3.43. The maximum absolute atomic E-state index is 12.6. The smallest absolute Gasteiger partial charge is 0.133 e. The van der Waals surface area contributed by atoms with Gasteiger partial charge in [0.1, 0.15) is 5.78 Å². The largest absolute Gasteiger partial charge is 0.378 e. The summed E-state index contributed by atoms with van der Waals surface area (Å²) in [4.78, 5) is 15.5. The average Bonchev–Trinajstić information content (AvgIpc) is 3.06. The number of nitrogens with zero attached hydrogens (tertiary/aromatic N) is 3. The molecule has 4 aliphatic rings. The highest BCUT2D eigenvalue weighted by atomic mass is 16.5. The van der Waals surface area contributed by atoms with Gasteiger partial charge in [0.05, 0.1) is 6.10 Å². The lowest BCUT2D eigenvalue weighted by molar-refractivity contribution is -0.182. The Morgan fingerprint density at radius 2 is 1.97 bits per heavy atom. The Hall–Kier alpha value is -1.06. The van der Waals surface area contributed by atoms with Gasteiger partial charge in [-0.1, -0.05) is 31.8 Å². The van der Waals surface area contributed by atoms with Crippen molar-refractivity contribution in [3.8, 4) is 0 Å². The van der Waals surface area contributed by atoms with E-state index in [0.29, 0.717) is 30.3 Å². The van der Waals surface area contributed by atoms with Gasteiger partial charge in [0.25, 0.3) is 0 Å². The standard InChI is InChI=1S/C24H39N3O2/c1-16(28)19-10-11-20-18-9-8-17-7-4-5-12-23(17,2)21(18)15-22(24(19,20)3)29-14-6-13-26-27-25/h17-22H,4-15H2,1-3H3/t17?,18?,19-,20?,21+,22+,23+,24-/m1/s1. The van der Waals surface area contributed by atoms with Crippen molar-refractivity contribution >= 4 is 5.78 Å². The normalized spacial score (nSPS) is 46.2. The van der Waals surface area contributed by atoms with Gasteiger partial charge in [-0.15, -0.1) is 0 Å². The first-order valence-electron chi connectivity index (χ1n) is 12.1. The van der Waals surface area contributed by atoms with Gasteiger partial charge in [0.2, 0.25) is 0 Å². The predicted molar refractivity (Wildman–Crippen MR) is 114 cm³/mol. The van der Waals surface area contributed by atoms with E-state index >= 15 is 0 Å². The molecule has 0 bridgehead atoms. The molecule has 0 amide bonds. The van der Waals surface area contributed by atoms with Crippen molar-refractivity contribution in [3.05, 3.63) is 10.4 Å². The number of azide groups is 1. The first-order chi connectivity index (χ1) is 13.9. The lowest BCUT2D eigenvalue weighted by Gasteiger charge is -2.62. The molecule has 4 aliphatic carbocycles. The summed E-state index contributed by atoms with van der Waals surface area (Å²) in [6.07, 6.45) is 12.6. The van der Waals surface area contributed by atoms with E-state index in [1.165, 1.54) is 44.9 Å². The van der Waals surface area contributed by atoms with Gasteiger partial charge in [0, 0.05) is 29.4 Å². The second-order valence-electron chi connectivity index (χ2n) is 10.9. The van der Waals surface area contributed by atoms with Crippen molar-refractivity contribution in [3.63, 3.8) is 0 Å². The third-order valence-corrected chi connectivity index (χ3v) is 9.93. The van der Waals surface area contributed by atoms with Crippen LogP contribution < -0.4 is 0 Å². The number of carbonyl (C=O) groups excluding carboxylic acids is 1. The Kier molecular flexibility index (Phi) is 6.01. The number of rotatable bonds is 6. The molecule has 4 rings (SSSR count). The molecule has 5 heteroatoms. The van der Waals surface area contributed by atoms with Crippen molar-refractivity contribution < 1.29 is 9.53 Å². The summed E-state index contributed by atoms with van der Waals surface area (Å²) in [5.74, 6) is 3.52. The van der Waals surface area contributed by atoms with E-state index in [2.05, 4.69) is 23.9 Å². The monoisotopic (exact) mass is 401 g/mol. The topological polar surface area (TPSA) is 75.1 Å². The molecule has 162 valence electrons. The van der Waals surface area contributed by atoms with Crippen LogP contribution >= 0.6 is 0 Å². The Morgan fingerprint density at radius 1 is 1.14 bits per heavy atom. The van der Waals surface area contributed by atoms with Gasteiger partial charge in [-0.2, -0.15) is 0 Å². The summed E-state index contributed by atoms with van der Waals surface area (Å²) in [6.45, 7) is 7.88. The third-order valence-electron chi connectivity index (χ3n) is 9.93. The minimum atomic E-state index is -0.0244. The molecule has 0 spiro atoms. The summed E-state index contributed by atoms with van der Waals surface area (Å²) in [7, 11) is 0. The zero-order chi connectivity index (χ0) is 20.6. The van der Waals surface area contributed by atoms with Crippen LogP contribution in [0.25, 0.3) is 10.4 Å². The second kappa shape index (κ2) is 8.23. The predicted octanol–water partition coefficient (Wildman–Crippen LogP) is 6.32. The first kappa shape index (κ1) is 21.2. The van der Waals surface area contributed by atoms with Gasteiger partial charge in [0.15, 0.2) is 0 Å². The minimum Gasteiger partial charge on any atom is -0.378 e. The van der Waals surface area contributed by atoms with Crippen LogP contribution in [-0.4, -0.2) is 25.0 Å². The van der Waals surface area contributed by atoms with Gasteiger partial charge in [-0.3, -0.25) is 4.79 Å². The molecule has 0 heterocycles. The number of ether oxygens (including phenoxy) is 1. The van der Waals surface area contributed by atoms with Crippen LogP contribution in [0.3, 0.4) is 0 Å². The number of hydrogen-bond acceptors (Lipinski definition) is 3. The van der Waals surface area contributed by atoms with Crippen molar-refractivity contribution in [1.82, 2.24) is 0 Å². The molecule has 4 fully saturated rings. The highest BCUT2D eigenvalue weighted by Gasteiger charge is 2.64. The maximum Gasteiger partial charge on any atom is 0.133 e. The Balaban J connectivity index is 1.61. The van der Waals surface area contributed by atoms with Crippen molar-refractivity contribution in [2.45, 2.75) is 91.1 Å². The molecule has 0 radical (unpaired) electrons. The van der Waals surface area contributed by atoms with E-state index in [-0.39, 0.29) is 17.4 Å². The first-order valence-corrected chi connectivity index (χ1v) is 12.1.